The Hall–Kier alpha value is -1.28. The minimum absolute atomic E-state index is 0.586. The molecule has 1 aromatic rings. The predicted octanol–water partition coefficient (Wildman–Crippen LogP) is 2.36. The van der Waals surface area contributed by atoms with Crippen LogP contribution in [-0.4, -0.2) is 13.7 Å². The standard InChI is InChI=1S/C12H17NO/c1-10(2)9-14-12-6-4-5-11(7-12)8-13-3/h4-7,13H,1,8-9H2,2-3H3. The maximum absolute atomic E-state index is 5.53. The summed E-state index contributed by atoms with van der Waals surface area (Å²) in [6.07, 6.45) is 0. The summed E-state index contributed by atoms with van der Waals surface area (Å²) in [5, 5.41) is 3.10. The molecule has 0 atom stereocenters. The highest BCUT2D eigenvalue weighted by Gasteiger charge is 1.95. The molecule has 0 saturated heterocycles. The van der Waals surface area contributed by atoms with E-state index in [9.17, 15) is 0 Å². The molecule has 76 valence electrons. The molecular formula is C12H17NO. The second-order valence-corrected chi connectivity index (χ2v) is 3.42. The van der Waals surface area contributed by atoms with Crippen molar-refractivity contribution in [2.24, 2.45) is 0 Å². The third kappa shape index (κ3) is 3.62. The number of nitrogens with one attached hydrogen (secondary N) is 1. The largest absolute Gasteiger partial charge is 0.489 e. The van der Waals surface area contributed by atoms with E-state index < -0.39 is 0 Å². The van der Waals surface area contributed by atoms with Gasteiger partial charge in [-0.2, -0.15) is 0 Å². The molecule has 0 saturated carbocycles. The fourth-order valence-electron chi connectivity index (χ4n) is 1.16. The molecule has 2 heteroatoms. The van der Waals surface area contributed by atoms with Crippen LogP contribution in [0.1, 0.15) is 12.5 Å². The average molecular weight is 191 g/mol. The van der Waals surface area contributed by atoms with Gasteiger partial charge >= 0.3 is 0 Å². The van der Waals surface area contributed by atoms with E-state index >= 15 is 0 Å². The van der Waals surface area contributed by atoms with Crippen LogP contribution < -0.4 is 10.1 Å². The van der Waals surface area contributed by atoms with Gasteiger partial charge in [-0.1, -0.05) is 18.7 Å². The lowest BCUT2D eigenvalue weighted by Crippen LogP contribution is -2.05. The number of rotatable bonds is 5. The smallest absolute Gasteiger partial charge is 0.120 e. The Labute approximate surface area is 85.6 Å². The molecule has 0 bridgehead atoms. The van der Waals surface area contributed by atoms with Gasteiger partial charge in [-0.15, -0.1) is 0 Å². The number of hydrogen-bond donors (Lipinski definition) is 1. The summed E-state index contributed by atoms with van der Waals surface area (Å²) in [5.74, 6) is 0.903. The average Bonchev–Trinajstić information content (AvgIpc) is 2.16. The van der Waals surface area contributed by atoms with E-state index in [2.05, 4.69) is 18.0 Å². The van der Waals surface area contributed by atoms with E-state index in [4.69, 9.17) is 4.74 Å². The molecule has 0 aliphatic rings. The van der Waals surface area contributed by atoms with Crippen LogP contribution in [-0.2, 0) is 6.54 Å². The third-order valence-electron chi connectivity index (χ3n) is 1.76. The van der Waals surface area contributed by atoms with E-state index in [1.165, 1.54) is 5.56 Å². The molecule has 0 heterocycles. The molecule has 0 amide bonds. The van der Waals surface area contributed by atoms with Crippen molar-refractivity contribution in [1.82, 2.24) is 5.32 Å². The topological polar surface area (TPSA) is 21.3 Å². The zero-order valence-electron chi connectivity index (χ0n) is 8.84. The van der Waals surface area contributed by atoms with E-state index in [0.29, 0.717) is 6.61 Å². The van der Waals surface area contributed by atoms with E-state index in [-0.39, 0.29) is 0 Å². The van der Waals surface area contributed by atoms with Crippen molar-refractivity contribution in [3.63, 3.8) is 0 Å². The number of benzene rings is 1. The van der Waals surface area contributed by atoms with Crippen LogP contribution in [0.2, 0.25) is 0 Å². The first-order valence-electron chi connectivity index (χ1n) is 4.73. The molecule has 0 spiro atoms. The van der Waals surface area contributed by atoms with Crippen LogP contribution in [0, 0.1) is 0 Å². The zero-order valence-corrected chi connectivity index (χ0v) is 8.84. The van der Waals surface area contributed by atoms with Crippen LogP contribution in [0.15, 0.2) is 36.4 Å². The van der Waals surface area contributed by atoms with Crippen molar-refractivity contribution in [3.05, 3.63) is 42.0 Å². The van der Waals surface area contributed by atoms with Gasteiger partial charge in [-0.3, -0.25) is 0 Å². The molecule has 0 radical (unpaired) electrons. The fraction of sp³-hybridized carbons (Fsp3) is 0.333. The lowest BCUT2D eigenvalue weighted by Gasteiger charge is -2.07. The van der Waals surface area contributed by atoms with Crippen molar-refractivity contribution >= 4 is 0 Å². The van der Waals surface area contributed by atoms with Gasteiger partial charge in [0, 0.05) is 6.54 Å². The second kappa shape index (κ2) is 5.45. The van der Waals surface area contributed by atoms with Crippen LogP contribution >= 0.6 is 0 Å². The monoisotopic (exact) mass is 191 g/mol. The van der Waals surface area contributed by atoms with Gasteiger partial charge in [0.1, 0.15) is 12.4 Å². The molecule has 0 aromatic heterocycles. The quantitative estimate of drug-likeness (QED) is 0.721. The lowest BCUT2D eigenvalue weighted by molar-refractivity contribution is 0.352. The first kappa shape index (κ1) is 10.8. The van der Waals surface area contributed by atoms with Crippen LogP contribution in [0.4, 0.5) is 0 Å². The first-order chi connectivity index (χ1) is 6.72. The Bertz CT molecular complexity index is 307. The van der Waals surface area contributed by atoms with Gasteiger partial charge in [0.15, 0.2) is 0 Å². The summed E-state index contributed by atoms with van der Waals surface area (Å²) in [7, 11) is 1.93. The molecule has 0 fully saturated rings. The molecule has 1 N–H and O–H groups in total. The molecule has 1 rings (SSSR count). The predicted molar refractivity (Wildman–Crippen MR) is 59.5 cm³/mol. The Balaban J connectivity index is 2.58. The van der Waals surface area contributed by atoms with E-state index in [0.717, 1.165) is 17.9 Å². The highest BCUT2D eigenvalue weighted by atomic mass is 16.5. The first-order valence-corrected chi connectivity index (χ1v) is 4.73. The molecule has 14 heavy (non-hydrogen) atoms. The van der Waals surface area contributed by atoms with Crippen LogP contribution in [0.3, 0.4) is 0 Å². The zero-order chi connectivity index (χ0) is 10.4. The van der Waals surface area contributed by atoms with Crippen molar-refractivity contribution in [1.29, 1.82) is 0 Å². The third-order valence-corrected chi connectivity index (χ3v) is 1.76. The second-order valence-electron chi connectivity index (χ2n) is 3.42. The van der Waals surface area contributed by atoms with E-state index in [1.807, 2.05) is 32.2 Å². The minimum Gasteiger partial charge on any atom is -0.489 e. The van der Waals surface area contributed by atoms with Crippen molar-refractivity contribution < 1.29 is 4.74 Å². The summed E-state index contributed by atoms with van der Waals surface area (Å²) in [6, 6.07) is 8.08. The van der Waals surface area contributed by atoms with Gasteiger partial charge in [-0.25, -0.2) is 0 Å². The van der Waals surface area contributed by atoms with E-state index in [1.54, 1.807) is 0 Å². The minimum atomic E-state index is 0.586. The molecule has 0 aliphatic heterocycles. The molecule has 1 aromatic carbocycles. The van der Waals surface area contributed by atoms with Crippen LogP contribution in [0.25, 0.3) is 0 Å². The highest BCUT2D eigenvalue weighted by molar-refractivity contribution is 5.28. The maximum Gasteiger partial charge on any atom is 0.120 e. The van der Waals surface area contributed by atoms with Crippen molar-refractivity contribution in [3.8, 4) is 5.75 Å². The SMILES string of the molecule is C=C(C)COc1cccc(CNC)c1. The molecular weight excluding hydrogens is 174 g/mol. The van der Waals surface area contributed by atoms with Crippen molar-refractivity contribution in [2.75, 3.05) is 13.7 Å². The Morgan fingerprint density at radius 2 is 2.29 bits per heavy atom. The van der Waals surface area contributed by atoms with Crippen molar-refractivity contribution in [2.45, 2.75) is 13.5 Å². The summed E-state index contributed by atoms with van der Waals surface area (Å²) in [5.41, 5.74) is 2.26. The normalized spacial score (nSPS) is 9.86. The lowest BCUT2D eigenvalue weighted by atomic mass is 10.2. The molecule has 0 unspecified atom stereocenters. The summed E-state index contributed by atoms with van der Waals surface area (Å²) in [4.78, 5) is 0. The maximum atomic E-state index is 5.53. The van der Waals surface area contributed by atoms with Gasteiger partial charge in [0.2, 0.25) is 0 Å². The highest BCUT2D eigenvalue weighted by Crippen LogP contribution is 2.13. The summed E-state index contributed by atoms with van der Waals surface area (Å²) in [6.45, 7) is 7.20. The Morgan fingerprint density at radius 3 is 2.93 bits per heavy atom. The van der Waals surface area contributed by atoms with Gasteiger partial charge in [-0.05, 0) is 37.2 Å². The molecule has 0 aliphatic carbocycles. The molecule has 2 nitrogen and oxygen atoms in total. The van der Waals surface area contributed by atoms with Crippen LogP contribution in [0.5, 0.6) is 5.75 Å². The van der Waals surface area contributed by atoms with Gasteiger partial charge in [0.25, 0.3) is 0 Å². The number of hydrogen-bond acceptors (Lipinski definition) is 2. The Kier molecular flexibility index (Phi) is 4.20. The Morgan fingerprint density at radius 1 is 1.50 bits per heavy atom. The van der Waals surface area contributed by atoms with Gasteiger partial charge in [0.05, 0.1) is 0 Å². The fourth-order valence-corrected chi connectivity index (χ4v) is 1.16. The summed E-state index contributed by atoms with van der Waals surface area (Å²) < 4.78 is 5.53. The summed E-state index contributed by atoms with van der Waals surface area (Å²) >= 11 is 0. The van der Waals surface area contributed by atoms with Gasteiger partial charge < -0.3 is 10.1 Å². The number of ether oxygens (including phenoxy) is 1.